The van der Waals surface area contributed by atoms with E-state index in [1.165, 1.54) is 23.9 Å². The maximum Gasteiger partial charge on any atom is 0.238 e. The van der Waals surface area contributed by atoms with E-state index in [0.717, 1.165) is 5.52 Å². The number of aromatic nitrogens is 2. The fourth-order valence-electron chi connectivity index (χ4n) is 1.88. The molecule has 0 aliphatic rings. The van der Waals surface area contributed by atoms with Crippen LogP contribution < -0.4 is 10.9 Å². The van der Waals surface area contributed by atoms with Gasteiger partial charge >= 0.3 is 0 Å². The van der Waals surface area contributed by atoms with E-state index in [9.17, 15) is 13.2 Å². The summed E-state index contributed by atoms with van der Waals surface area (Å²) in [6, 6.07) is 4.53. The molecule has 1 aromatic heterocycles. The first-order valence-electron chi connectivity index (χ1n) is 6.23. The Balaban J connectivity index is 2.55. The van der Waals surface area contributed by atoms with Gasteiger partial charge < -0.3 is 10.3 Å². The zero-order chi connectivity index (χ0) is 15.8. The Kier molecular flexibility index (Phi) is 4.26. The number of nitrogens with zero attached hydrogens (tertiary/aromatic N) is 2. The number of thioether (sulfide) groups is 1. The molecule has 1 atom stereocenters. The van der Waals surface area contributed by atoms with Crippen LogP contribution in [0.4, 0.5) is 0 Å². The lowest BCUT2D eigenvalue weighted by atomic mass is 10.3. The number of aryl methyl sites for hydroxylation is 1. The van der Waals surface area contributed by atoms with Crippen LogP contribution in [0, 0.1) is 0 Å². The third kappa shape index (κ3) is 3.20. The highest BCUT2D eigenvalue weighted by atomic mass is 32.2. The molecule has 2 rings (SSSR count). The number of rotatable bonds is 5. The molecule has 1 aromatic carbocycles. The third-order valence-corrected chi connectivity index (χ3v) is 5.03. The van der Waals surface area contributed by atoms with Gasteiger partial charge in [0, 0.05) is 6.54 Å². The molecule has 7 nitrogen and oxygen atoms in total. The van der Waals surface area contributed by atoms with Gasteiger partial charge in [0.05, 0.1) is 21.2 Å². The van der Waals surface area contributed by atoms with Crippen molar-refractivity contribution in [3.8, 4) is 0 Å². The molecule has 0 saturated carbocycles. The number of benzene rings is 1. The number of sulfonamides is 1. The smallest absolute Gasteiger partial charge is 0.238 e. The Labute approximate surface area is 126 Å². The quantitative estimate of drug-likeness (QED) is 0.781. The monoisotopic (exact) mass is 328 g/mol. The SMILES string of the molecule is CCn1c(SC(C)C(N)=O)nc2cc(S(N)(=O)=O)ccc21. The number of primary sulfonamides is 1. The van der Waals surface area contributed by atoms with Crippen LogP contribution in [-0.2, 0) is 21.4 Å². The lowest BCUT2D eigenvalue weighted by molar-refractivity contribution is -0.117. The molecule has 0 saturated heterocycles. The minimum absolute atomic E-state index is 0.00949. The summed E-state index contributed by atoms with van der Waals surface area (Å²) < 4.78 is 24.7. The summed E-state index contributed by atoms with van der Waals surface area (Å²) in [5, 5.41) is 5.31. The molecule has 0 fully saturated rings. The van der Waals surface area contributed by atoms with Crippen LogP contribution in [0.3, 0.4) is 0 Å². The van der Waals surface area contributed by atoms with Crippen LogP contribution in [0.25, 0.3) is 11.0 Å². The standard InChI is InChI=1S/C12H16N4O3S2/c1-3-16-10-5-4-8(21(14,18)19)6-9(10)15-12(16)20-7(2)11(13)17/h4-7H,3H2,1-2H3,(H2,13,17)(H2,14,18,19). The molecule has 0 aliphatic carbocycles. The van der Waals surface area contributed by atoms with Crippen molar-refractivity contribution in [3.63, 3.8) is 0 Å². The minimum atomic E-state index is -3.77. The van der Waals surface area contributed by atoms with Crippen molar-refractivity contribution < 1.29 is 13.2 Å². The summed E-state index contributed by atoms with van der Waals surface area (Å²) in [5.74, 6) is -0.431. The van der Waals surface area contributed by atoms with Gasteiger partial charge in [-0.2, -0.15) is 0 Å². The molecule has 1 amide bonds. The summed E-state index contributed by atoms with van der Waals surface area (Å²) in [6.45, 7) is 4.27. The zero-order valence-electron chi connectivity index (χ0n) is 11.6. The first-order chi connectivity index (χ1) is 9.74. The molecular formula is C12H16N4O3S2. The highest BCUT2D eigenvalue weighted by Gasteiger charge is 2.18. The normalized spacial score (nSPS) is 13.5. The lowest BCUT2D eigenvalue weighted by Crippen LogP contribution is -2.23. The minimum Gasteiger partial charge on any atom is -0.369 e. The number of amides is 1. The van der Waals surface area contributed by atoms with Crippen LogP contribution in [-0.4, -0.2) is 29.1 Å². The van der Waals surface area contributed by atoms with Gasteiger partial charge in [-0.05, 0) is 32.0 Å². The second-order valence-electron chi connectivity index (χ2n) is 4.50. The molecule has 1 unspecified atom stereocenters. The van der Waals surface area contributed by atoms with Crippen molar-refractivity contribution in [1.82, 2.24) is 9.55 Å². The van der Waals surface area contributed by atoms with Crippen LogP contribution in [0.1, 0.15) is 13.8 Å². The molecule has 21 heavy (non-hydrogen) atoms. The molecule has 1 heterocycles. The Morgan fingerprint density at radius 3 is 2.67 bits per heavy atom. The number of fused-ring (bicyclic) bond motifs is 1. The Morgan fingerprint density at radius 2 is 2.14 bits per heavy atom. The molecule has 0 aliphatic heterocycles. The van der Waals surface area contributed by atoms with Gasteiger partial charge in [0.2, 0.25) is 15.9 Å². The summed E-state index contributed by atoms with van der Waals surface area (Å²) in [7, 11) is -3.77. The van der Waals surface area contributed by atoms with Crippen molar-refractivity contribution in [2.24, 2.45) is 10.9 Å². The highest BCUT2D eigenvalue weighted by Crippen LogP contribution is 2.28. The van der Waals surface area contributed by atoms with Gasteiger partial charge in [-0.1, -0.05) is 11.8 Å². The molecule has 9 heteroatoms. The second kappa shape index (κ2) is 5.66. The predicted octanol–water partition coefficient (Wildman–Crippen LogP) is 0.669. The number of carbonyl (C=O) groups is 1. The molecule has 0 spiro atoms. The average Bonchev–Trinajstić information content (AvgIpc) is 2.73. The van der Waals surface area contributed by atoms with Crippen LogP contribution in [0.5, 0.6) is 0 Å². The predicted molar refractivity (Wildman–Crippen MR) is 81.3 cm³/mol. The third-order valence-electron chi connectivity index (χ3n) is 3.01. The van der Waals surface area contributed by atoms with E-state index in [4.69, 9.17) is 10.9 Å². The Bertz CT molecular complexity index is 798. The molecule has 0 radical (unpaired) electrons. The van der Waals surface area contributed by atoms with E-state index in [1.807, 2.05) is 11.5 Å². The van der Waals surface area contributed by atoms with Crippen molar-refractivity contribution >= 4 is 38.7 Å². The molecular weight excluding hydrogens is 312 g/mol. The number of primary amides is 1. The number of nitrogens with two attached hydrogens (primary N) is 2. The van der Waals surface area contributed by atoms with Gasteiger partial charge in [0.25, 0.3) is 0 Å². The number of hydrogen-bond donors (Lipinski definition) is 2. The van der Waals surface area contributed by atoms with Gasteiger partial charge in [0.15, 0.2) is 5.16 Å². The number of imidazole rings is 1. The van der Waals surface area contributed by atoms with Crippen LogP contribution >= 0.6 is 11.8 Å². The Hall–Kier alpha value is -1.58. The number of carbonyl (C=O) groups excluding carboxylic acids is 1. The lowest BCUT2D eigenvalue weighted by Gasteiger charge is -2.08. The Morgan fingerprint density at radius 1 is 1.48 bits per heavy atom. The van der Waals surface area contributed by atoms with Crippen LogP contribution in [0.2, 0.25) is 0 Å². The van der Waals surface area contributed by atoms with Gasteiger partial charge in [-0.3, -0.25) is 4.79 Å². The first kappa shape index (κ1) is 15.8. The number of hydrogen-bond acceptors (Lipinski definition) is 5. The largest absolute Gasteiger partial charge is 0.369 e. The summed E-state index contributed by atoms with van der Waals surface area (Å²) in [4.78, 5) is 15.6. The zero-order valence-corrected chi connectivity index (χ0v) is 13.2. The van der Waals surface area contributed by atoms with E-state index in [2.05, 4.69) is 4.98 Å². The van der Waals surface area contributed by atoms with Gasteiger partial charge in [-0.25, -0.2) is 18.5 Å². The molecule has 2 aromatic rings. The summed E-state index contributed by atoms with van der Waals surface area (Å²) in [6.07, 6.45) is 0. The van der Waals surface area contributed by atoms with Crippen molar-refractivity contribution in [3.05, 3.63) is 18.2 Å². The van der Waals surface area contributed by atoms with E-state index in [0.29, 0.717) is 17.2 Å². The summed E-state index contributed by atoms with van der Waals surface area (Å²) in [5.41, 5.74) is 6.56. The first-order valence-corrected chi connectivity index (χ1v) is 8.65. The van der Waals surface area contributed by atoms with Crippen molar-refractivity contribution in [1.29, 1.82) is 0 Å². The van der Waals surface area contributed by atoms with Crippen LogP contribution in [0.15, 0.2) is 28.3 Å². The summed E-state index contributed by atoms with van der Waals surface area (Å²) >= 11 is 1.24. The van der Waals surface area contributed by atoms with E-state index in [1.54, 1.807) is 13.0 Å². The molecule has 0 bridgehead atoms. The maximum atomic E-state index is 11.4. The molecule has 4 N–H and O–H groups in total. The second-order valence-corrected chi connectivity index (χ2v) is 7.37. The van der Waals surface area contributed by atoms with E-state index in [-0.39, 0.29) is 4.90 Å². The van der Waals surface area contributed by atoms with Gasteiger partial charge in [0.1, 0.15) is 0 Å². The fraction of sp³-hybridized carbons (Fsp3) is 0.333. The van der Waals surface area contributed by atoms with E-state index >= 15 is 0 Å². The van der Waals surface area contributed by atoms with Crippen molar-refractivity contribution in [2.45, 2.75) is 35.7 Å². The maximum absolute atomic E-state index is 11.4. The van der Waals surface area contributed by atoms with Crippen molar-refractivity contribution in [2.75, 3.05) is 0 Å². The topological polar surface area (TPSA) is 121 Å². The fourth-order valence-corrected chi connectivity index (χ4v) is 3.35. The van der Waals surface area contributed by atoms with E-state index < -0.39 is 21.2 Å². The van der Waals surface area contributed by atoms with Gasteiger partial charge in [-0.15, -0.1) is 0 Å². The highest BCUT2D eigenvalue weighted by molar-refractivity contribution is 8.00. The average molecular weight is 328 g/mol. The molecule has 114 valence electrons.